The van der Waals surface area contributed by atoms with Crippen molar-refractivity contribution in [2.24, 2.45) is 11.8 Å². The summed E-state index contributed by atoms with van der Waals surface area (Å²) in [6, 6.07) is 0. The first kappa shape index (κ1) is 11.8. The maximum Gasteiger partial charge on any atom is 0.233 e. The first-order valence-electron chi connectivity index (χ1n) is 5.72. The van der Waals surface area contributed by atoms with E-state index in [-0.39, 0.29) is 23.5 Å². The molecule has 1 saturated heterocycles. The van der Waals surface area contributed by atoms with Crippen LogP contribution >= 0.6 is 0 Å². The number of rotatable bonds is 1. The fourth-order valence-electron chi connectivity index (χ4n) is 2.34. The Morgan fingerprint density at radius 3 is 2.71 bits per heavy atom. The SMILES string of the molecule is CC1=CC=CC(C2CCC(=O)N(C)C2=O)C1=O. The van der Waals surface area contributed by atoms with Gasteiger partial charge in [0.25, 0.3) is 0 Å². The van der Waals surface area contributed by atoms with Crippen molar-refractivity contribution in [3.05, 3.63) is 23.8 Å². The van der Waals surface area contributed by atoms with Crippen LogP contribution in [0.15, 0.2) is 23.8 Å². The number of ketones is 1. The van der Waals surface area contributed by atoms with Crippen LogP contribution in [-0.4, -0.2) is 29.5 Å². The summed E-state index contributed by atoms with van der Waals surface area (Å²) in [7, 11) is 1.48. The van der Waals surface area contributed by atoms with E-state index >= 15 is 0 Å². The standard InChI is InChI=1S/C13H15NO3/c1-8-4-3-5-9(12(8)16)10-6-7-11(15)14(2)13(10)17/h3-5,9-10H,6-7H2,1-2H3. The van der Waals surface area contributed by atoms with Gasteiger partial charge in [-0.3, -0.25) is 19.3 Å². The Morgan fingerprint density at radius 2 is 2.00 bits per heavy atom. The average Bonchev–Trinajstić information content (AvgIpc) is 2.31. The predicted molar refractivity (Wildman–Crippen MR) is 61.9 cm³/mol. The van der Waals surface area contributed by atoms with Gasteiger partial charge in [-0.2, -0.15) is 0 Å². The Kier molecular flexibility index (Phi) is 2.96. The molecular weight excluding hydrogens is 218 g/mol. The van der Waals surface area contributed by atoms with Gasteiger partial charge in [0.2, 0.25) is 11.8 Å². The van der Waals surface area contributed by atoms with E-state index in [4.69, 9.17) is 0 Å². The second kappa shape index (κ2) is 4.28. The minimum Gasteiger partial charge on any atom is -0.294 e. The largest absolute Gasteiger partial charge is 0.294 e. The van der Waals surface area contributed by atoms with Crippen molar-refractivity contribution in [1.82, 2.24) is 4.90 Å². The zero-order chi connectivity index (χ0) is 12.6. The maximum atomic E-state index is 12.0. The topological polar surface area (TPSA) is 54.5 Å². The second-order valence-electron chi connectivity index (χ2n) is 4.56. The molecule has 1 aliphatic carbocycles. The quantitative estimate of drug-likeness (QED) is 0.637. The van der Waals surface area contributed by atoms with Crippen molar-refractivity contribution < 1.29 is 14.4 Å². The van der Waals surface area contributed by atoms with Gasteiger partial charge in [-0.05, 0) is 18.9 Å². The molecule has 0 saturated carbocycles. The smallest absolute Gasteiger partial charge is 0.233 e. The lowest BCUT2D eigenvalue weighted by Crippen LogP contribution is -2.46. The van der Waals surface area contributed by atoms with Gasteiger partial charge in [0.1, 0.15) is 0 Å². The molecule has 1 aliphatic heterocycles. The highest BCUT2D eigenvalue weighted by molar-refractivity contribution is 6.05. The van der Waals surface area contributed by atoms with E-state index < -0.39 is 5.92 Å². The van der Waals surface area contributed by atoms with E-state index in [0.717, 1.165) is 4.90 Å². The monoisotopic (exact) mass is 233 g/mol. The van der Waals surface area contributed by atoms with Crippen LogP contribution in [-0.2, 0) is 14.4 Å². The summed E-state index contributed by atoms with van der Waals surface area (Å²) in [5, 5.41) is 0. The molecule has 2 aliphatic rings. The number of Topliss-reactive ketones (excluding diaryl/α,β-unsaturated/α-hetero) is 1. The van der Waals surface area contributed by atoms with Crippen LogP contribution in [0.25, 0.3) is 0 Å². The van der Waals surface area contributed by atoms with Crippen molar-refractivity contribution in [2.45, 2.75) is 19.8 Å². The summed E-state index contributed by atoms with van der Waals surface area (Å²) in [6.45, 7) is 1.75. The van der Waals surface area contributed by atoms with Crippen LogP contribution < -0.4 is 0 Å². The molecule has 1 fully saturated rings. The van der Waals surface area contributed by atoms with Gasteiger partial charge >= 0.3 is 0 Å². The minimum absolute atomic E-state index is 0.00593. The Hall–Kier alpha value is -1.71. The molecule has 0 spiro atoms. The number of amides is 2. The van der Waals surface area contributed by atoms with Crippen molar-refractivity contribution in [2.75, 3.05) is 7.05 Å². The lowest BCUT2D eigenvalue weighted by molar-refractivity contribution is -0.152. The molecule has 0 radical (unpaired) electrons. The van der Waals surface area contributed by atoms with Crippen molar-refractivity contribution in [1.29, 1.82) is 0 Å². The molecule has 2 rings (SSSR count). The third-order valence-corrected chi connectivity index (χ3v) is 3.48. The van der Waals surface area contributed by atoms with Gasteiger partial charge in [-0.1, -0.05) is 18.2 Å². The number of imide groups is 1. The zero-order valence-electron chi connectivity index (χ0n) is 9.97. The molecule has 0 aromatic rings. The fourth-order valence-corrected chi connectivity index (χ4v) is 2.34. The van der Waals surface area contributed by atoms with Gasteiger partial charge in [0.05, 0.1) is 11.8 Å². The molecule has 1 heterocycles. The van der Waals surface area contributed by atoms with E-state index in [1.807, 2.05) is 6.08 Å². The van der Waals surface area contributed by atoms with Gasteiger partial charge in [-0.15, -0.1) is 0 Å². The molecule has 0 bridgehead atoms. The Bertz CT molecular complexity index is 448. The number of carbonyl (C=O) groups is 3. The molecule has 2 unspecified atom stereocenters. The summed E-state index contributed by atoms with van der Waals surface area (Å²) in [6.07, 6.45) is 6.14. The number of hydrogen-bond donors (Lipinski definition) is 0. The van der Waals surface area contributed by atoms with Crippen molar-refractivity contribution in [3.63, 3.8) is 0 Å². The fraction of sp³-hybridized carbons (Fsp3) is 0.462. The van der Waals surface area contributed by atoms with Gasteiger partial charge in [0.15, 0.2) is 5.78 Å². The molecule has 0 aromatic heterocycles. The second-order valence-corrected chi connectivity index (χ2v) is 4.56. The van der Waals surface area contributed by atoms with E-state index in [0.29, 0.717) is 18.4 Å². The van der Waals surface area contributed by atoms with Crippen molar-refractivity contribution >= 4 is 17.6 Å². The number of nitrogens with zero attached hydrogens (tertiary/aromatic N) is 1. The minimum atomic E-state index is -0.400. The van der Waals surface area contributed by atoms with Crippen LogP contribution in [0, 0.1) is 11.8 Å². The van der Waals surface area contributed by atoms with Crippen LogP contribution in [0.3, 0.4) is 0 Å². The zero-order valence-corrected chi connectivity index (χ0v) is 9.97. The number of carbonyl (C=O) groups excluding carboxylic acids is 3. The maximum absolute atomic E-state index is 12.0. The molecule has 90 valence electrons. The predicted octanol–water partition coefficient (Wildman–Crippen LogP) is 1.08. The Morgan fingerprint density at radius 1 is 1.29 bits per heavy atom. The summed E-state index contributed by atoms with van der Waals surface area (Å²) < 4.78 is 0. The van der Waals surface area contributed by atoms with Crippen LogP contribution in [0.1, 0.15) is 19.8 Å². The molecule has 2 atom stereocenters. The Labute approximate surface area is 100.0 Å². The molecule has 0 N–H and O–H groups in total. The van der Waals surface area contributed by atoms with E-state index in [9.17, 15) is 14.4 Å². The van der Waals surface area contributed by atoms with Gasteiger partial charge < -0.3 is 0 Å². The highest BCUT2D eigenvalue weighted by Gasteiger charge is 2.39. The van der Waals surface area contributed by atoms with Crippen LogP contribution in [0.2, 0.25) is 0 Å². The number of hydrogen-bond acceptors (Lipinski definition) is 3. The van der Waals surface area contributed by atoms with Crippen molar-refractivity contribution in [3.8, 4) is 0 Å². The number of likely N-dealkylation sites (tertiary alicyclic amines) is 1. The van der Waals surface area contributed by atoms with E-state index in [2.05, 4.69) is 0 Å². The highest BCUT2D eigenvalue weighted by atomic mass is 16.2. The average molecular weight is 233 g/mol. The number of piperidine rings is 1. The molecule has 4 nitrogen and oxygen atoms in total. The summed E-state index contributed by atoms with van der Waals surface area (Å²) in [5.41, 5.74) is 0.671. The third-order valence-electron chi connectivity index (χ3n) is 3.48. The Balaban J connectivity index is 2.22. The van der Waals surface area contributed by atoms with Crippen LogP contribution in [0.5, 0.6) is 0 Å². The summed E-state index contributed by atoms with van der Waals surface area (Å²) in [5.74, 6) is -1.19. The van der Waals surface area contributed by atoms with E-state index in [1.165, 1.54) is 7.05 Å². The third kappa shape index (κ3) is 1.95. The number of allylic oxidation sites excluding steroid dienone is 4. The lowest BCUT2D eigenvalue weighted by atomic mass is 9.78. The first-order chi connectivity index (χ1) is 8.02. The highest BCUT2D eigenvalue weighted by Crippen LogP contribution is 2.30. The molecular formula is C13H15NO3. The molecule has 2 amide bonds. The first-order valence-corrected chi connectivity index (χ1v) is 5.72. The molecule has 4 heteroatoms. The van der Waals surface area contributed by atoms with Gasteiger partial charge in [-0.25, -0.2) is 0 Å². The summed E-state index contributed by atoms with van der Waals surface area (Å²) >= 11 is 0. The molecule has 17 heavy (non-hydrogen) atoms. The normalized spacial score (nSPS) is 29.6. The van der Waals surface area contributed by atoms with Gasteiger partial charge in [0, 0.05) is 13.5 Å². The molecule has 0 aromatic carbocycles. The lowest BCUT2D eigenvalue weighted by Gasteiger charge is -2.32. The summed E-state index contributed by atoms with van der Waals surface area (Å²) in [4.78, 5) is 36.5. The van der Waals surface area contributed by atoms with Crippen LogP contribution in [0.4, 0.5) is 0 Å². The van der Waals surface area contributed by atoms with E-state index in [1.54, 1.807) is 19.1 Å².